The molecule has 1 aliphatic rings. The van der Waals surface area contributed by atoms with Gasteiger partial charge in [0.2, 0.25) is 6.10 Å². The van der Waals surface area contributed by atoms with Crippen LogP contribution in [-0.2, 0) is 5.54 Å². The predicted molar refractivity (Wildman–Crippen MR) is 89.3 cm³/mol. The van der Waals surface area contributed by atoms with Gasteiger partial charge in [0, 0.05) is 11.6 Å². The highest BCUT2D eigenvalue weighted by atomic mass is 19.2. The van der Waals surface area contributed by atoms with Crippen molar-refractivity contribution in [2.24, 2.45) is 5.73 Å². The summed E-state index contributed by atoms with van der Waals surface area (Å²) < 4.78 is 38.0. The van der Waals surface area contributed by atoms with Crippen molar-refractivity contribution in [2.45, 2.75) is 30.9 Å². The van der Waals surface area contributed by atoms with E-state index in [9.17, 15) is 8.78 Å². The fraction of sp³-hybridized carbons (Fsp3) is 0.263. The lowest BCUT2D eigenvalue weighted by Gasteiger charge is -2.34. The quantitative estimate of drug-likeness (QED) is 0.751. The highest BCUT2D eigenvalue weighted by Gasteiger charge is 2.40. The third kappa shape index (κ3) is 3.06. The number of ether oxygens (including phenoxy) is 1. The van der Waals surface area contributed by atoms with Crippen LogP contribution in [0.2, 0.25) is 0 Å². The van der Waals surface area contributed by atoms with Crippen molar-refractivity contribution in [1.82, 2.24) is 10.1 Å². The van der Waals surface area contributed by atoms with Crippen LogP contribution in [0.3, 0.4) is 0 Å². The molecule has 1 unspecified atom stereocenters. The van der Waals surface area contributed by atoms with Gasteiger partial charge in [0.1, 0.15) is 5.75 Å². The molecule has 1 saturated carbocycles. The van der Waals surface area contributed by atoms with Gasteiger partial charge in [-0.25, -0.2) is 8.78 Å². The highest BCUT2D eigenvalue weighted by molar-refractivity contribution is 5.28. The van der Waals surface area contributed by atoms with Gasteiger partial charge in [-0.15, -0.1) is 0 Å². The molecule has 26 heavy (non-hydrogen) atoms. The Kier molecular flexibility index (Phi) is 4.16. The van der Waals surface area contributed by atoms with E-state index in [2.05, 4.69) is 10.1 Å². The molecular formula is C19H17F2N3O2. The monoisotopic (exact) mass is 357 g/mol. The first kappa shape index (κ1) is 16.7. The molecule has 2 aromatic carbocycles. The molecule has 0 bridgehead atoms. The maximum Gasteiger partial charge on any atom is 0.272 e. The summed E-state index contributed by atoms with van der Waals surface area (Å²) in [4.78, 5) is 4.42. The van der Waals surface area contributed by atoms with Crippen molar-refractivity contribution in [2.75, 3.05) is 0 Å². The third-order valence-electron chi connectivity index (χ3n) is 4.60. The molecule has 0 amide bonds. The van der Waals surface area contributed by atoms with Crippen LogP contribution < -0.4 is 10.5 Å². The number of nitrogens with zero attached hydrogens (tertiary/aromatic N) is 2. The Balaban J connectivity index is 1.68. The molecule has 3 aromatic rings. The van der Waals surface area contributed by atoms with Crippen molar-refractivity contribution >= 4 is 0 Å². The molecule has 1 atom stereocenters. The fourth-order valence-electron chi connectivity index (χ4n) is 2.90. The molecule has 0 saturated heterocycles. The fourth-order valence-corrected chi connectivity index (χ4v) is 2.90. The summed E-state index contributed by atoms with van der Waals surface area (Å²) in [5.41, 5.74) is 6.43. The molecule has 1 fully saturated rings. The summed E-state index contributed by atoms with van der Waals surface area (Å²) >= 11 is 0. The number of aromatic nitrogens is 2. The zero-order valence-electron chi connectivity index (χ0n) is 13.9. The number of halogens is 2. The van der Waals surface area contributed by atoms with Crippen LogP contribution in [0.1, 0.15) is 42.6 Å². The van der Waals surface area contributed by atoms with Crippen LogP contribution in [0.5, 0.6) is 5.75 Å². The molecule has 1 heterocycles. The summed E-state index contributed by atoms with van der Waals surface area (Å²) in [5.74, 6) is -1.12. The SMILES string of the molecule is NC1(c2noc(C(Oc3ccc(F)c(F)c3)c3ccccc3)n2)CCC1. The molecule has 1 aliphatic carbocycles. The molecule has 0 spiro atoms. The summed E-state index contributed by atoms with van der Waals surface area (Å²) in [6.07, 6.45) is 1.86. The van der Waals surface area contributed by atoms with Crippen LogP contribution in [0, 0.1) is 11.6 Å². The first-order chi connectivity index (χ1) is 12.5. The zero-order chi connectivity index (χ0) is 18.1. The van der Waals surface area contributed by atoms with Gasteiger partial charge in [0.05, 0.1) is 5.54 Å². The Morgan fingerprint density at radius 1 is 1.08 bits per heavy atom. The van der Waals surface area contributed by atoms with Gasteiger partial charge in [-0.3, -0.25) is 0 Å². The number of nitrogens with two attached hydrogens (primary N) is 1. The van der Waals surface area contributed by atoms with E-state index < -0.39 is 23.3 Å². The number of hydrogen-bond donors (Lipinski definition) is 1. The minimum absolute atomic E-state index is 0.156. The Bertz CT molecular complexity index is 910. The molecule has 4 rings (SSSR count). The third-order valence-corrected chi connectivity index (χ3v) is 4.60. The van der Waals surface area contributed by atoms with Crippen LogP contribution in [0.15, 0.2) is 53.1 Å². The molecule has 5 nitrogen and oxygen atoms in total. The lowest BCUT2D eigenvalue weighted by molar-refractivity contribution is 0.190. The van der Waals surface area contributed by atoms with Gasteiger partial charge in [-0.2, -0.15) is 4.98 Å². The van der Waals surface area contributed by atoms with Crippen molar-refractivity contribution in [3.05, 3.63) is 77.4 Å². The molecule has 1 aromatic heterocycles. The van der Waals surface area contributed by atoms with Crippen molar-refractivity contribution in [1.29, 1.82) is 0 Å². The maximum atomic E-state index is 13.5. The second kappa shape index (κ2) is 6.49. The molecule has 0 aliphatic heterocycles. The van der Waals surface area contributed by atoms with Gasteiger partial charge in [0.25, 0.3) is 5.89 Å². The second-order valence-electron chi connectivity index (χ2n) is 6.45. The summed E-state index contributed by atoms with van der Waals surface area (Å²) in [7, 11) is 0. The lowest BCUT2D eigenvalue weighted by atomic mass is 9.77. The summed E-state index contributed by atoms with van der Waals surface area (Å²) in [6, 6.07) is 12.5. The predicted octanol–water partition coefficient (Wildman–Crippen LogP) is 3.85. The van der Waals surface area contributed by atoms with Crippen LogP contribution >= 0.6 is 0 Å². The van der Waals surface area contributed by atoms with Crippen LogP contribution in [-0.4, -0.2) is 10.1 Å². The van der Waals surface area contributed by atoms with Gasteiger partial charge in [-0.05, 0) is 31.4 Å². The average Bonchev–Trinajstić information content (AvgIpc) is 3.11. The molecule has 0 radical (unpaired) electrons. The van der Waals surface area contributed by atoms with Gasteiger partial charge in [-0.1, -0.05) is 35.5 Å². The minimum atomic E-state index is -0.990. The van der Waals surface area contributed by atoms with E-state index in [4.69, 9.17) is 15.0 Å². The standard InChI is InChI=1S/C19H17F2N3O2/c20-14-8-7-13(11-15(14)21)25-16(12-5-2-1-3-6-12)17-23-18(24-26-17)19(22)9-4-10-19/h1-3,5-8,11,16H,4,9-10,22H2. The normalized spacial score (nSPS) is 16.7. The molecule has 2 N–H and O–H groups in total. The lowest BCUT2D eigenvalue weighted by Crippen LogP contribution is -2.44. The molecule has 7 heteroatoms. The van der Waals surface area contributed by atoms with Gasteiger partial charge < -0.3 is 15.0 Å². The topological polar surface area (TPSA) is 74.2 Å². The first-order valence-corrected chi connectivity index (χ1v) is 8.35. The second-order valence-corrected chi connectivity index (χ2v) is 6.45. The first-order valence-electron chi connectivity index (χ1n) is 8.35. The van der Waals surface area contributed by atoms with Gasteiger partial charge >= 0.3 is 0 Å². The van der Waals surface area contributed by atoms with Crippen molar-refractivity contribution in [3.63, 3.8) is 0 Å². The maximum absolute atomic E-state index is 13.5. The Hall–Kier alpha value is -2.80. The molecular weight excluding hydrogens is 340 g/mol. The summed E-state index contributed by atoms with van der Waals surface area (Å²) in [5, 5.41) is 4.00. The van der Waals surface area contributed by atoms with Crippen molar-refractivity contribution < 1.29 is 18.0 Å². The van der Waals surface area contributed by atoms with Gasteiger partial charge in [0.15, 0.2) is 17.5 Å². The smallest absolute Gasteiger partial charge is 0.272 e. The van der Waals surface area contributed by atoms with E-state index in [1.807, 2.05) is 30.3 Å². The Morgan fingerprint density at radius 2 is 1.85 bits per heavy atom. The van der Waals surface area contributed by atoms with Crippen LogP contribution in [0.25, 0.3) is 0 Å². The van der Waals surface area contributed by atoms with Crippen molar-refractivity contribution in [3.8, 4) is 5.75 Å². The number of rotatable bonds is 5. The zero-order valence-corrected chi connectivity index (χ0v) is 13.9. The number of hydrogen-bond acceptors (Lipinski definition) is 5. The van der Waals surface area contributed by atoms with E-state index in [1.165, 1.54) is 6.07 Å². The average molecular weight is 357 g/mol. The Morgan fingerprint density at radius 3 is 2.50 bits per heavy atom. The number of benzene rings is 2. The van der Waals surface area contributed by atoms with E-state index in [1.54, 1.807) is 0 Å². The minimum Gasteiger partial charge on any atom is -0.476 e. The van der Waals surface area contributed by atoms with Crippen LogP contribution in [0.4, 0.5) is 8.78 Å². The highest BCUT2D eigenvalue weighted by Crippen LogP contribution is 2.38. The van der Waals surface area contributed by atoms with E-state index in [0.29, 0.717) is 5.82 Å². The molecule has 134 valence electrons. The summed E-state index contributed by atoms with van der Waals surface area (Å²) in [6.45, 7) is 0. The van der Waals surface area contributed by atoms with E-state index in [-0.39, 0.29) is 11.6 Å². The van der Waals surface area contributed by atoms with E-state index >= 15 is 0 Å². The Labute approximate surface area is 148 Å². The largest absolute Gasteiger partial charge is 0.476 e. The van der Waals surface area contributed by atoms with E-state index in [0.717, 1.165) is 37.0 Å².